The summed E-state index contributed by atoms with van der Waals surface area (Å²) in [5, 5.41) is 0. The Balaban J connectivity index is 2.20. The zero-order valence-electron chi connectivity index (χ0n) is 27.5. The maximum Gasteiger partial charge on any atom is 0.306 e. The molecule has 1 nitrogen and oxygen atoms in total. The third kappa shape index (κ3) is 10.1. The van der Waals surface area contributed by atoms with Gasteiger partial charge in [0.05, 0.1) is 17.2 Å². The normalized spacial score (nSPS) is 16.0. The molecular formula is C34H55F6OSi2. The molecule has 1 atom stereocenters. The molecule has 2 rings (SSSR count). The van der Waals surface area contributed by atoms with Crippen molar-refractivity contribution in [2.75, 3.05) is 0 Å². The molecule has 0 saturated heterocycles. The van der Waals surface area contributed by atoms with Crippen molar-refractivity contribution in [2.24, 2.45) is 0 Å². The van der Waals surface area contributed by atoms with Gasteiger partial charge in [0.1, 0.15) is 5.83 Å². The van der Waals surface area contributed by atoms with Crippen molar-refractivity contribution in [2.45, 2.75) is 166 Å². The average Bonchev–Trinajstić information content (AvgIpc) is 3.21. The number of hydrogen-bond donors (Lipinski definition) is 0. The summed E-state index contributed by atoms with van der Waals surface area (Å²) in [5.41, 5.74) is -2.64. The van der Waals surface area contributed by atoms with Crippen LogP contribution in [0.3, 0.4) is 0 Å². The van der Waals surface area contributed by atoms with Crippen molar-refractivity contribution in [1.82, 2.24) is 0 Å². The summed E-state index contributed by atoms with van der Waals surface area (Å²) in [4.78, 5) is 0. The number of fused-ring (bicyclic) bond motifs is 1. The van der Waals surface area contributed by atoms with Gasteiger partial charge in [-0.15, -0.1) is 0 Å². The molecule has 1 aliphatic rings. The molecule has 0 heterocycles. The van der Waals surface area contributed by atoms with Crippen LogP contribution in [-0.2, 0) is 5.92 Å². The van der Waals surface area contributed by atoms with Crippen LogP contribution in [0.1, 0.15) is 129 Å². The van der Waals surface area contributed by atoms with Crippen LogP contribution >= 0.6 is 0 Å². The molecule has 9 heteroatoms. The highest BCUT2D eigenvalue weighted by Crippen LogP contribution is 2.52. The van der Waals surface area contributed by atoms with E-state index >= 15 is 4.39 Å². The SMILES string of the molecule is CCCCCCCCC[Si](CCCCCCCC[Si](C)(CC)CC)(Oc1c(F)c(F)c(F)c2c1C(F)(F)[C]=C2F)C(C)C. The summed E-state index contributed by atoms with van der Waals surface area (Å²) in [5.74, 6) is -12.6. The van der Waals surface area contributed by atoms with Crippen molar-refractivity contribution in [3.63, 3.8) is 0 Å². The van der Waals surface area contributed by atoms with Crippen LogP contribution in [-0.4, -0.2) is 16.4 Å². The van der Waals surface area contributed by atoms with Gasteiger partial charge in [-0.2, -0.15) is 13.2 Å². The Morgan fingerprint density at radius 3 is 1.60 bits per heavy atom. The molecule has 1 unspecified atom stereocenters. The molecule has 0 spiro atoms. The van der Waals surface area contributed by atoms with Crippen LogP contribution in [0, 0.1) is 23.5 Å². The Morgan fingerprint density at radius 1 is 0.674 bits per heavy atom. The van der Waals surface area contributed by atoms with E-state index in [1.54, 1.807) is 0 Å². The van der Waals surface area contributed by atoms with Crippen LogP contribution < -0.4 is 4.43 Å². The van der Waals surface area contributed by atoms with Gasteiger partial charge in [0.15, 0.2) is 17.4 Å². The second kappa shape index (κ2) is 17.5. The van der Waals surface area contributed by atoms with E-state index in [0.29, 0.717) is 12.1 Å². The number of unbranched alkanes of at least 4 members (excludes halogenated alkanes) is 11. The first-order chi connectivity index (χ1) is 20.3. The van der Waals surface area contributed by atoms with Gasteiger partial charge in [-0.05, 0) is 17.6 Å². The molecule has 0 amide bonds. The van der Waals surface area contributed by atoms with Gasteiger partial charge in [0, 0.05) is 8.07 Å². The molecule has 1 aliphatic carbocycles. The standard InChI is InChI=1S/C34H55F6OSi2/c1-7-10-11-12-13-17-20-23-43(26(4)5,24-21-18-15-14-16-19-22-42(6,8-2)9-3)41-33-29-28(27(35)25-34(29,39)40)30(36)31(37)32(33)38/h26H,7-24H2,1-6H3. The number of hydrogen-bond acceptors (Lipinski definition) is 1. The van der Waals surface area contributed by atoms with Gasteiger partial charge in [0.2, 0.25) is 5.82 Å². The van der Waals surface area contributed by atoms with E-state index in [1.807, 2.05) is 13.8 Å². The summed E-state index contributed by atoms with van der Waals surface area (Å²) in [7, 11) is -4.10. The Kier molecular flexibility index (Phi) is 15.4. The smallest absolute Gasteiger partial charge is 0.306 e. The first-order valence-electron chi connectivity index (χ1n) is 16.9. The zero-order chi connectivity index (χ0) is 32.3. The monoisotopic (exact) mass is 649 g/mol. The van der Waals surface area contributed by atoms with E-state index in [2.05, 4.69) is 27.3 Å². The molecule has 1 aromatic rings. The predicted molar refractivity (Wildman–Crippen MR) is 172 cm³/mol. The minimum atomic E-state index is -4.12. The van der Waals surface area contributed by atoms with Gasteiger partial charge >= 0.3 is 5.92 Å². The van der Waals surface area contributed by atoms with Crippen LogP contribution in [0.25, 0.3) is 5.83 Å². The van der Waals surface area contributed by atoms with E-state index in [-0.39, 0.29) is 5.54 Å². The Labute approximate surface area is 259 Å². The zero-order valence-corrected chi connectivity index (χ0v) is 29.5. The fraction of sp³-hybridized carbons (Fsp3) is 0.765. The maximum absolute atomic E-state index is 15.2. The molecular weight excluding hydrogens is 595 g/mol. The quantitative estimate of drug-likeness (QED) is 0.0526. The topological polar surface area (TPSA) is 9.23 Å². The molecule has 1 radical (unpaired) electrons. The lowest BCUT2D eigenvalue weighted by Crippen LogP contribution is -2.45. The lowest BCUT2D eigenvalue weighted by Gasteiger charge is -2.37. The summed E-state index contributed by atoms with van der Waals surface area (Å²) in [6.45, 7) is 13.1. The summed E-state index contributed by atoms with van der Waals surface area (Å²) >= 11 is 0. The second-order valence-electron chi connectivity index (χ2n) is 13.4. The largest absolute Gasteiger partial charge is 0.541 e. The van der Waals surface area contributed by atoms with E-state index in [1.165, 1.54) is 43.5 Å². The molecule has 43 heavy (non-hydrogen) atoms. The van der Waals surface area contributed by atoms with Crippen molar-refractivity contribution < 1.29 is 30.8 Å². The lowest BCUT2D eigenvalue weighted by molar-refractivity contribution is 0.0440. The number of benzene rings is 1. The minimum Gasteiger partial charge on any atom is -0.541 e. The number of alkyl halides is 2. The van der Waals surface area contributed by atoms with Crippen molar-refractivity contribution >= 4 is 22.2 Å². The van der Waals surface area contributed by atoms with Crippen molar-refractivity contribution in [1.29, 1.82) is 0 Å². The molecule has 0 N–H and O–H groups in total. The van der Waals surface area contributed by atoms with E-state index in [0.717, 1.165) is 64.2 Å². The van der Waals surface area contributed by atoms with Gasteiger partial charge in [-0.25, -0.2) is 13.2 Å². The van der Waals surface area contributed by atoms with Gasteiger partial charge in [-0.3, -0.25) is 0 Å². The first kappa shape index (κ1) is 38.0. The molecule has 0 aromatic heterocycles. The third-order valence-corrected chi connectivity index (χ3v) is 20.1. The molecule has 0 fully saturated rings. The molecule has 247 valence electrons. The number of halogens is 6. The van der Waals surface area contributed by atoms with E-state index in [4.69, 9.17) is 4.43 Å². The first-order valence-corrected chi connectivity index (χ1v) is 22.4. The summed E-state index contributed by atoms with van der Waals surface area (Å²) < 4.78 is 94.7. The highest BCUT2D eigenvalue weighted by molar-refractivity contribution is 6.78. The molecule has 0 bridgehead atoms. The van der Waals surface area contributed by atoms with Crippen molar-refractivity contribution in [3.8, 4) is 5.75 Å². The predicted octanol–water partition coefficient (Wildman–Crippen LogP) is 13.3. The van der Waals surface area contributed by atoms with E-state index < -0.39 is 62.5 Å². The van der Waals surface area contributed by atoms with E-state index in [9.17, 15) is 22.0 Å². The van der Waals surface area contributed by atoms with Crippen LogP contribution in [0.5, 0.6) is 5.75 Å². The Bertz CT molecular complexity index is 1040. The highest BCUT2D eigenvalue weighted by Gasteiger charge is 2.50. The maximum atomic E-state index is 15.2. The van der Waals surface area contributed by atoms with Gasteiger partial charge < -0.3 is 4.43 Å². The fourth-order valence-corrected chi connectivity index (χ4v) is 12.7. The van der Waals surface area contributed by atoms with Gasteiger partial charge in [-0.1, -0.05) is 143 Å². The molecule has 0 aliphatic heterocycles. The second-order valence-corrected chi connectivity index (χ2v) is 23.4. The average molecular weight is 650 g/mol. The Hall–Kier alpha value is -1.23. The summed E-state index contributed by atoms with van der Waals surface area (Å²) in [6, 6.07) is 5.18. The number of allylic oxidation sites excluding steroid dienone is 1. The van der Waals surface area contributed by atoms with Crippen LogP contribution in [0.4, 0.5) is 26.3 Å². The van der Waals surface area contributed by atoms with Gasteiger partial charge in [0.25, 0.3) is 8.32 Å². The Morgan fingerprint density at radius 2 is 1.14 bits per heavy atom. The van der Waals surface area contributed by atoms with Crippen molar-refractivity contribution in [3.05, 3.63) is 34.7 Å². The highest BCUT2D eigenvalue weighted by atomic mass is 28.4. The summed E-state index contributed by atoms with van der Waals surface area (Å²) in [6.07, 6.45) is 15.0. The molecule has 1 aromatic carbocycles. The number of rotatable bonds is 22. The minimum absolute atomic E-state index is 0.0988. The van der Waals surface area contributed by atoms with Crippen LogP contribution in [0.2, 0.25) is 42.3 Å². The fourth-order valence-electron chi connectivity index (χ4n) is 6.30. The lowest BCUT2D eigenvalue weighted by atomic mass is 10.0. The third-order valence-electron chi connectivity index (χ3n) is 9.98. The van der Waals surface area contributed by atoms with Crippen LogP contribution in [0.15, 0.2) is 0 Å². The molecule has 0 saturated carbocycles.